The Hall–Kier alpha value is -2.70. The molecule has 2 aromatic carbocycles. The van der Waals surface area contributed by atoms with Crippen LogP contribution in [0.3, 0.4) is 0 Å². The molecule has 6 rings (SSSR count). The molecule has 0 spiro atoms. The van der Waals surface area contributed by atoms with Crippen molar-refractivity contribution in [2.45, 2.75) is 57.9 Å². The Morgan fingerprint density at radius 2 is 1.78 bits per heavy atom. The van der Waals surface area contributed by atoms with E-state index in [0.717, 1.165) is 72.4 Å². The van der Waals surface area contributed by atoms with Gasteiger partial charge in [0.2, 0.25) is 0 Å². The van der Waals surface area contributed by atoms with Gasteiger partial charge in [0.1, 0.15) is 10.1 Å². The standard InChI is InChI=1S/C31H33N3OS2/c1-21-8-7-11-24-19-25(20-27-30(35)34(31(36)37-27)26-12-5-6-13-26)29(32-28(21)24)33-16-14-23(15-17-33)18-22-9-3-2-4-10-22/h2-4,7-11,19-20,23,26H,5-6,12-18H2,1H3/b27-20-. The zero-order valence-electron chi connectivity index (χ0n) is 21.4. The topological polar surface area (TPSA) is 36.4 Å². The Balaban J connectivity index is 1.30. The highest BCUT2D eigenvalue weighted by Gasteiger charge is 2.38. The van der Waals surface area contributed by atoms with E-state index in [1.807, 2.05) is 4.90 Å². The summed E-state index contributed by atoms with van der Waals surface area (Å²) in [7, 11) is 0. The van der Waals surface area contributed by atoms with Crippen LogP contribution in [-0.2, 0) is 11.2 Å². The molecule has 2 saturated heterocycles. The molecule has 0 N–H and O–H groups in total. The Morgan fingerprint density at radius 1 is 1.03 bits per heavy atom. The van der Waals surface area contributed by atoms with E-state index in [1.54, 1.807) is 0 Å². The van der Waals surface area contributed by atoms with E-state index in [1.165, 1.54) is 35.7 Å². The van der Waals surface area contributed by atoms with Gasteiger partial charge in [-0.2, -0.15) is 0 Å². The van der Waals surface area contributed by atoms with Crippen LogP contribution in [0.4, 0.5) is 5.82 Å². The number of hydrogen-bond acceptors (Lipinski definition) is 5. The summed E-state index contributed by atoms with van der Waals surface area (Å²) in [4.78, 5) is 23.7. The number of aromatic nitrogens is 1. The molecule has 1 amide bonds. The van der Waals surface area contributed by atoms with E-state index in [9.17, 15) is 4.79 Å². The van der Waals surface area contributed by atoms with Gasteiger partial charge in [0.25, 0.3) is 5.91 Å². The van der Waals surface area contributed by atoms with Gasteiger partial charge in [-0.15, -0.1) is 0 Å². The molecule has 4 nitrogen and oxygen atoms in total. The molecule has 0 radical (unpaired) electrons. The Bertz CT molecular complexity index is 1360. The van der Waals surface area contributed by atoms with E-state index >= 15 is 0 Å². The number of carbonyl (C=O) groups is 1. The van der Waals surface area contributed by atoms with Gasteiger partial charge in [-0.1, -0.05) is 85.4 Å². The number of nitrogens with zero attached hydrogens (tertiary/aromatic N) is 3. The molecular formula is C31H33N3OS2. The summed E-state index contributed by atoms with van der Waals surface area (Å²) < 4.78 is 0.705. The number of thioether (sulfide) groups is 1. The normalized spacial score (nSPS) is 20.6. The minimum absolute atomic E-state index is 0.0683. The third-order valence-corrected chi connectivity index (χ3v) is 9.47. The van der Waals surface area contributed by atoms with E-state index < -0.39 is 0 Å². The van der Waals surface area contributed by atoms with Crippen LogP contribution in [0.25, 0.3) is 17.0 Å². The lowest BCUT2D eigenvalue weighted by Gasteiger charge is -2.34. The van der Waals surface area contributed by atoms with Crippen molar-refractivity contribution in [2.75, 3.05) is 18.0 Å². The fraction of sp³-hybridized carbons (Fsp3) is 0.387. The van der Waals surface area contributed by atoms with Crippen molar-refractivity contribution in [1.82, 2.24) is 9.88 Å². The number of piperidine rings is 1. The van der Waals surface area contributed by atoms with E-state index in [0.29, 0.717) is 10.2 Å². The molecule has 2 aliphatic heterocycles. The zero-order chi connectivity index (χ0) is 25.4. The fourth-order valence-corrected chi connectivity index (χ4v) is 7.50. The van der Waals surface area contributed by atoms with Crippen LogP contribution >= 0.6 is 24.0 Å². The van der Waals surface area contributed by atoms with Gasteiger partial charge in [0.15, 0.2) is 0 Å². The number of amides is 1. The summed E-state index contributed by atoms with van der Waals surface area (Å²) in [6.07, 6.45) is 9.94. The van der Waals surface area contributed by atoms with Crippen molar-refractivity contribution in [3.05, 3.63) is 76.2 Å². The first kappa shape index (κ1) is 24.6. The summed E-state index contributed by atoms with van der Waals surface area (Å²) in [5, 5.41) is 1.11. The summed E-state index contributed by atoms with van der Waals surface area (Å²) in [6.45, 7) is 4.08. The molecule has 3 aliphatic rings. The van der Waals surface area contributed by atoms with Crippen molar-refractivity contribution in [3.8, 4) is 0 Å². The van der Waals surface area contributed by atoms with E-state index in [4.69, 9.17) is 17.2 Å². The summed E-state index contributed by atoms with van der Waals surface area (Å²) >= 11 is 7.12. The number of benzene rings is 2. The Morgan fingerprint density at radius 3 is 2.54 bits per heavy atom. The lowest BCUT2D eigenvalue weighted by molar-refractivity contribution is -0.123. The van der Waals surface area contributed by atoms with Crippen LogP contribution in [0.5, 0.6) is 0 Å². The molecule has 0 unspecified atom stereocenters. The van der Waals surface area contributed by atoms with E-state index in [2.05, 4.69) is 72.5 Å². The van der Waals surface area contributed by atoms with Gasteiger partial charge in [-0.25, -0.2) is 4.98 Å². The van der Waals surface area contributed by atoms with Crippen molar-refractivity contribution < 1.29 is 4.79 Å². The number of pyridine rings is 1. The Kier molecular flexibility index (Phi) is 7.04. The lowest BCUT2D eigenvalue weighted by Crippen LogP contribution is -2.36. The SMILES string of the molecule is Cc1cccc2cc(/C=C3\SC(=S)N(C4CCCC4)C3=O)c(N3CCC(Cc4ccccc4)CC3)nc12. The maximum Gasteiger partial charge on any atom is 0.266 e. The Labute approximate surface area is 229 Å². The molecule has 0 bridgehead atoms. The van der Waals surface area contributed by atoms with Crippen LogP contribution < -0.4 is 4.90 Å². The van der Waals surface area contributed by atoms with Crippen molar-refractivity contribution >= 4 is 57.0 Å². The number of para-hydroxylation sites is 1. The molecule has 190 valence electrons. The summed E-state index contributed by atoms with van der Waals surface area (Å²) in [6, 6.07) is 19.6. The van der Waals surface area contributed by atoms with Gasteiger partial charge in [0.05, 0.1) is 10.4 Å². The van der Waals surface area contributed by atoms with Gasteiger partial charge >= 0.3 is 0 Å². The molecule has 1 saturated carbocycles. The van der Waals surface area contributed by atoms with Gasteiger partial charge in [-0.05, 0) is 68.2 Å². The third-order valence-electron chi connectivity index (χ3n) is 8.14. The average molecular weight is 528 g/mol. The first-order chi connectivity index (χ1) is 18.1. The van der Waals surface area contributed by atoms with Crippen molar-refractivity contribution in [1.29, 1.82) is 0 Å². The molecular weight excluding hydrogens is 494 g/mol. The van der Waals surface area contributed by atoms with Crippen LogP contribution in [0, 0.1) is 12.8 Å². The molecule has 6 heteroatoms. The summed E-state index contributed by atoms with van der Waals surface area (Å²) in [5.41, 5.74) is 4.66. The second-order valence-corrected chi connectivity index (χ2v) is 12.3. The molecule has 3 aromatic rings. The number of fused-ring (bicyclic) bond motifs is 1. The van der Waals surface area contributed by atoms with Crippen LogP contribution in [-0.4, -0.2) is 39.2 Å². The van der Waals surface area contributed by atoms with Gasteiger partial charge in [0, 0.05) is 30.1 Å². The minimum atomic E-state index is 0.0683. The smallest absolute Gasteiger partial charge is 0.266 e. The number of carbonyl (C=O) groups excluding carboxylic acids is 1. The predicted octanol–water partition coefficient (Wildman–Crippen LogP) is 7.15. The van der Waals surface area contributed by atoms with Gasteiger partial charge in [-0.3, -0.25) is 9.69 Å². The maximum absolute atomic E-state index is 13.4. The second kappa shape index (κ2) is 10.6. The number of thiocarbonyl (C=S) groups is 1. The largest absolute Gasteiger partial charge is 0.356 e. The highest BCUT2D eigenvalue weighted by Crippen LogP contribution is 2.39. The highest BCUT2D eigenvalue weighted by molar-refractivity contribution is 8.26. The molecule has 1 aromatic heterocycles. The van der Waals surface area contributed by atoms with Crippen molar-refractivity contribution in [3.63, 3.8) is 0 Å². The fourth-order valence-electron chi connectivity index (χ4n) is 6.11. The predicted molar refractivity (Wildman–Crippen MR) is 159 cm³/mol. The zero-order valence-corrected chi connectivity index (χ0v) is 23.0. The van der Waals surface area contributed by atoms with E-state index in [-0.39, 0.29) is 11.9 Å². The monoisotopic (exact) mass is 527 g/mol. The molecule has 3 fully saturated rings. The molecule has 37 heavy (non-hydrogen) atoms. The van der Waals surface area contributed by atoms with Crippen LogP contribution in [0.2, 0.25) is 0 Å². The number of aryl methyl sites for hydroxylation is 1. The average Bonchev–Trinajstić information content (AvgIpc) is 3.52. The van der Waals surface area contributed by atoms with Crippen LogP contribution in [0.1, 0.15) is 55.2 Å². The van der Waals surface area contributed by atoms with Crippen LogP contribution in [0.15, 0.2) is 59.5 Å². The van der Waals surface area contributed by atoms with Gasteiger partial charge < -0.3 is 4.90 Å². The molecule has 1 aliphatic carbocycles. The first-order valence-corrected chi connectivity index (χ1v) is 14.8. The highest BCUT2D eigenvalue weighted by atomic mass is 32.2. The third kappa shape index (κ3) is 5.06. The quantitative estimate of drug-likeness (QED) is 0.260. The van der Waals surface area contributed by atoms with Crippen molar-refractivity contribution in [2.24, 2.45) is 5.92 Å². The maximum atomic E-state index is 13.4. The second-order valence-electron chi connectivity index (χ2n) is 10.7. The number of hydrogen-bond donors (Lipinski definition) is 0. The summed E-state index contributed by atoms with van der Waals surface area (Å²) in [5.74, 6) is 1.75. The molecule has 3 heterocycles. The minimum Gasteiger partial charge on any atom is -0.356 e. The number of rotatable bonds is 5. The first-order valence-electron chi connectivity index (χ1n) is 13.5. The number of anilines is 1. The molecule has 0 atom stereocenters. The lowest BCUT2D eigenvalue weighted by atomic mass is 9.90.